The van der Waals surface area contributed by atoms with E-state index in [9.17, 15) is 18.0 Å². The predicted molar refractivity (Wildman–Crippen MR) is 70.5 cm³/mol. The largest absolute Gasteiger partial charge is 0.418 e. The van der Waals surface area contributed by atoms with E-state index >= 15 is 0 Å². The van der Waals surface area contributed by atoms with E-state index in [2.05, 4.69) is 0 Å². The fourth-order valence-electron chi connectivity index (χ4n) is 2.48. The van der Waals surface area contributed by atoms with Crippen molar-refractivity contribution in [1.29, 1.82) is 0 Å². The van der Waals surface area contributed by atoms with Crippen LogP contribution in [0.25, 0.3) is 0 Å². The minimum Gasteiger partial charge on any atom is -0.379 e. The van der Waals surface area contributed by atoms with E-state index in [0.717, 1.165) is 25.7 Å². The summed E-state index contributed by atoms with van der Waals surface area (Å²) in [6, 6.07) is 1.19. The third kappa shape index (κ3) is 4.23. The van der Waals surface area contributed by atoms with Crippen molar-refractivity contribution in [1.82, 2.24) is 9.47 Å². The predicted octanol–water partition coefficient (Wildman–Crippen LogP) is 2.49. The first kappa shape index (κ1) is 15.9. The lowest BCUT2D eigenvalue weighted by molar-refractivity contribution is -0.206. The molecule has 1 aliphatic rings. The molecule has 0 aromatic carbocycles. The average Bonchev–Trinajstić information content (AvgIpc) is 2.70. The lowest BCUT2D eigenvalue weighted by Gasteiger charge is -2.20. The zero-order valence-electron chi connectivity index (χ0n) is 11.6. The molecular formula is C14H19F3N2O2. The number of halogens is 3. The van der Waals surface area contributed by atoms with Crippen LogP contribution < -0.4 is 0 Å². The minimum atomic E-state index is -4.69. The van der Waals surface area contributed by atoms with Gasteiger partial charge in [-0.1, -0.05) is 12.8 Å². The highest BCUT2D eigenvalue weighted by atomic mass is 19.4. The Labute approximate surface area is 121 Å². The van der Waals surface area contributed by atoms with Crippen molar-refractivity contribution < 1.29 is 23.1 Å². The third-order valence-corrected chi connectivity index (χ3v) is 3.68. The molecule has 21 heavy (non-hydrogen) atoms. The van der Waals surface area contributed by atoms with Crippen LogP contribution in [0.3, 0.4) is 0 Å². The Balaban J connectivity index is 1.97. The van der Waals surface area contributed by atoms with E-state index in [-0.39, 0.29) is 18.0 Å². The summed E-state index contributed by atoms with van der Waals surface area (Å²) in [6.45, 7) is 1.42. The van der Waals surface area contributed by atoms with Gasteiger partial charge in [-0.15, -0.1) is 0 Å². The van der Waals surface area contributed by atoms with Gasteiger partial charge in [0, 0.05) is 31.0 Å². The van der Waals surface area contributed by atoms with Crippen LogP contribution in [0.1, 0.15) is 37.4 Å². The standard InChI is InChI=1S/C14H19F3N2O2/c15-14(16,17)13(21)11-5-8-18(9-11)10-12(20)19-6-3-1-2-4-7-19/h5,8-9,13,21H,1-4,6-7,10H2. The minimum absolute atomic E-state index is 0.00454. The number of carbonyl (C=O) groups is 1. The van der Waals surface area contributed by atoms with E-state index in [1.807, 2.05) is 0 Å². The maximum Gasteiger partial charge on any atom is 0.418 e. The van der Waals surface area contributed by atoms with Gasteiger partial charge in [0.15, 0.2) is 6.10 Å². The second kappa shape index (κ2) is 6.51. The number of hydrogen-bond acceptors (Lipinski definition) is 2. The monoisotopic (exact) mass is 304 g/mol. The van der Waals surface area contributed by atoms with Crippen LogP contribution in [0.5, 0.6) is 0 Å². The van der Waals surface area contributed by atoms with E-state index in [4.69, 9.17) is 5.11 Å². The van der Waals surface area contributed by atoms with Crippen LogP contribution in [0, 0.1) is 0 Å². The van der Waals surface area contributed by atoms with Crippen molar-refractivity contribution in [3.8, 4) is 0 Å². The van der Waals surface area contributed by atoms with E-state index in [0.29, 0.717) is 13.1 Å². The quantitative estimate of drug-likeness (QED) is 0.932. The number of rotatable bonds is 3. The van der Waals surface area contributed by atoms with Gasteiger partial charge in [-0.3, -0.25) is 4.79 Å². The van der Waals surface area contributed by atoms with Gasteiger partial charge in [-0.2, -0.15) is 13.2 Å². The molecule has 118 valence electrons. The molecule has 1 unspecified atom stereocenters. The summed E-state index contributed by atoms with van der Waals surface area (Å²) in [5, 5.41) is 9.16. The molecule has 1 saturated heterocycles. The van der Waals surface area contributed by atoms with Gasteiger partial charge in [0.25, 0.3) is 0 Å². The second-order valence-corrected chi connectivity index (χ2v) is 5.36. The Hall–Kier alpha value is -1.50. The second-order valence-electron chi connectivity index (χ2n) is 5.36. The Morgan fingerprint density at radius 3 is 2.43 bits per heavy atom. The first-order valence-corrected chi connectivity index (χ1v) is 7.06. The Bertz CT molecular complexity index is 477. The Morgan fingerprint density at radius 2 is 1.86 bits per heavy atom. The van der Waals surface area contributed by atoms with Crippen LogP contribution in [-0.4, -0.2) is 39.7 Å². The van der Waals surface area contributed by atoms with Crippen molar-refractivity contribution in [2.75, 3.05) is 13.1 Å². The van der Waals surface area contributed by atoms with Crippen molar-refractivity contribution in [2.24, 2.45) is 0 Å². The number of likely N-dealkylation sites (tertiary alicyclic amines) is 1. The highest BCUT2D eigenvalue weighted by Crippen LogP contribution is 2.32. The number of aromatic nitrogens is 1. The molecule has 1 amide bonds. The molecule has 7 heteroatoms. The van der Waals surface area contributed by atoms with Crippen LogP contribution >= 0.6 is 0 Å². The van der Waals surface area contributed by atoms with E-state index < -0.39 is 12.3 Å². The number of aliphatic hydroxyl groups is 1. The lowest BCUT2D eigenvalue weighted by Crippen LogP contribution is -2.34. The van der Waals surface area contributed by atoms with Gasteiger partial charge >= 0.3 is 6.18 Å². The molecule has 2 rings (SSSR count). The number of carbonyl (C=O) groups excluding carboxylic acids is 1. The van der Waals surface area contributed by atoms with Crippen LogP contribution in [-0.2, 0) is 11.3 Å². The molecule has 1 N–H and O–H groups in total. The van der Waals surface area contributed by atoms with Crippen LogP contribution in [0.2, 0.25) is 0 Å². The summed E-state index contributed by atoms with van der Waals surface area (Å²) >= 11 is 0. The number of aliphatic hydroxyl groups excluding tert-OH is 1. The van der Waals surface area contributed by atoms with Gasteiger partial charge in [0.1, 0.15) is 6.54 Å². The average molecular weight is 304 g/mol. The Morgan fingerprint density at radius 1 is 1.24 bits per heavy atom. The zero-order valence-corrected chi connectivity index (χ0v) is 11.6. The maximum atomic E-state index is 12.4. The highest BCUT2D eigenvalue weighted by molar-refractivity contribution is 5.76. The van der Waals surface area contributed by atoms with Gasteiger partial charge in [0.2, 0.25) is 5.91 Å². The molecule has 1 aliphatic heterocycles. The molecular weight excluding hydrogens is 285 g/mol. The first-order chi connectivity index (χ1) is 9.88. The topological polar surface area (TPSA) is 45.5 Å². The number of amides is 1. The van der Waals surface area contributed by atoms with Crippen molar-refractivity contribution in [3.05, 3.63) is 24.0 Å². The molecule has 2 heterocycles. The molecule has 0 aliphatic carbocycles. The van der Waals surface area contributed by atoms with Crippen molar-refractivity contribution in [3.63, 3.8) is 0 Å². The molecule has 0 spiro atoms. The smallest absolute Gasteiger partial charge is 0.379 e. The summed E-state index contributed by atoms with van der Waals surface area (Å²) in [5.41, 5.74) is -0.244. The summed E-state index contributed by atoms with van der Waals surface area (Å²) in [5.74, 6) is -0.0967. The molecule has 0 bridgehead atoms. The molecule has 1 aromatic heterocycles. The number of nitrogens with zero attached hydrogens (tertiary/aromatic N) is 2. The van der Waals surface area contributed by atoms with Gasteiger partial charge in [-0.25, -0.2) is 0 Å². The molecule has 0 radical (unpaired) electrons. The van der Waals surface area contributed by atoms with Gasteiger partial charge in [0.05, 0.1) is 0 Å². The maximum absolute atomic E-state index is 12.4. The van der Waals surface area contributed by atoms with E-state index in [1.165, 1.54) is 23.0 Å². The third-order valence-electron chi connectivity index (χ3n) is 3.68. The molecule has 4 nitrogen and oxygen atoms in total. The summed E-state index contributed by atoms with van der Waals surface area (Å²) in [6.07, 6.45) is -0.489. The van der Waals surface area contributed by atoms with Gasteiger partial charge < -0.3 is 14.6 Å². The van der Waals surface area contributed by atoms with Crippen LogP contribution in [0.4, 0.5) is 13.2 Å². The fourth-order valence-corrected chi connectivity index (χ4v) is 2.48. The normalized spacial score (nSPS) is 18.4. The zero-order chi connectivity index (χ0) is 15.5. The van der Waals surface area contributed by atoms with Crippen molar-refractivity contribution >= 4 is 5.91 Å². The number of alkyl halides is 3. The molecule has 0 saturated carbocycles. The summed E-state index contributed by atoms with van der Waals surface area (Å²) in [7, 11) is 0. The fraction of sp³-hybridized carbons (Fsp3) is 0.643. The molecule has 1 aromatic rings. The van der Waals surface area contributed by atoms with E-state index in [1.54, 1.807) is 4.90 Å². The highest BCUT2D eigenvalue weighted by Gasteiger charge is 2.39. The van der Waals surface area contributed by atoms with Crippen molar-refractivity contribution in [2.45, 2.75) is 44.5 Å². The number of hydrogen-bond donors (Lipinski definition) is 1. The summed E-state index contributed by atoms with van der Waals surface area (Å²) in [4.78, 5) is 13.9. The molecule has 1 fully saturated rings. The SMILES string of the molecule is O=C(Cn1ccc(C(O)C(F)(F)F)c1)N1CCCCCC1. The van der Waals surface area contributed by atoms with Crippen LogP contribution in [0.15, 0.2) is 18.5 Å². The van der Waals surface area contributed by atoms with Gasteiger partial charge in [-0.05, 0) is 18.9 Å². The summed E-state index contributed by atoms with van der Waals surface area (Å²) < 4.78 is 38.6. The lowest BCUT2D eigenvalue weighted by atomic mass is 10.2. The first-order valence-electron chi connectivity index (χ1n) is 7.06. The molecule has 1 atom stereocenters. The Kier molecular flexibility index (Phi) is 4.92.